The summed E-state index contributed by atoms with van der Waals surface area (Å²) < 4.78 is 0. The predicted octanol–water partition coefficient (Wildman–Crippen LogP) is 1.93. The van der Waals surface area contributed by atoms with Crippen LogP contribution in [0.1, 0.15) is 41.0 Å². The fourth-order valence-corrected chi connectivity index (χ4v) is 1.80. The van der Waals surface area contributed by atoms with Crippen molar-refractivity contribution >= 4 is 12.0 Å². The number of carboxylic acids is 1. The van der Waals surface area contributed by atoms with Crippen LogP contribution >= 0.6 is 0 Å². The molecule has 1 aliphatic rings. The number of carboxylic acid groups (broad SMARTS) is 1. The molecule has 0 aliphatic carbocycles. The maximum atomic E-state index is 12.0. The quantitative estimate of drug-likeness (QED) is 0.793. The Hall–Kier alpha value is -1.26. The van der Waals surface area contributed by atoms with E-state index in [0.29, 0.717) is 13.0 Å². The molecule has 2 amide bonds. The molecule has 5 heteroatoms. The molecule has 0 aromatic heterocycles. The minimum atomic E-state index is -0.832. The van der Waals surface area contributed by atoms with Crippen molar-refractivity contribution in [1.29, 1.82) is 0 Å². The Morgan fingerprint density at radius 3 is 2.33 bits per heavy atom. The van der Waals surface area contributed by atoms with Crippen molar-refractivity contribution < 1.29 is 14.7 Å². The maximum absolute atomic E-state index is 12.0. The van der Waals surface area contributed by atoms with E-state index in [1.54, 1.807) is 11.8 Å². The SMILES string of the molecule is CC(NC(=O)N1CCC(C)(C(=O)O)C1)C(C)(C)C. The molecular weight excluding hydrogens is 232 g/mol. The van der Waals surface area contributed by atoms with Gasteiger partial charge in [0.25, 0.3) is 0 Å². The molecule has 0 saturated carbocycles. The van der Waals surface area contributed by atoms with Crippen molar-refractivity contribution in [2.75, 3.05) is 13.1 Å². The van der Waals surface area contributed by atoms with E-state index in [9.17, 15) is 9.59 Å². The van der Waals surface area contributed by atoms with E-state index >= 15 is 0 Å². The summed E-state index contributed by atoms with van der Waals surface area (Å²) >= 11 is 0. The zero-order chi connectivity index (χ0) is 14.1. The molecule has 2 atom stereocenters. The van der Waals surface area contributed by atoms with Gasteiger partial charge in [0, 0.05) is 19.1 Å². The lowest BCUT2D eigenvalue weighted by Crippen LogP contribution is -2.48. The molecule has 2 N–H and O–H groups in total. The second-order valence-corrected chi connectivity index (χ2v) is 6.57. The molecule has 1 rings (SSSR count). The standard InChI is InChI=1S/C13H24N2O3/c1-9(12(2,3)4)14-11(18)15-7-6-13(5,8-15)10(16)17/h9H,6-8H2,1-5H3,(H,14,18)(H,16,17). The number of nitrogens with one attached hydrogen (secondary N) is 1. The zero-order valence-corrected chi connectivity index (χ0v) is 11.9. The Morgan fingerprint density at radius 1 is 1.39 bits per heavy atom. The normalized spacial score (nSPS) is 25.9. The Kier molecular flexibility index (Phi) is 3.93. The van der Waals surface area contributed by atoms with Crippen LogP contribution in [0.15, 0.2) is 0 Å². The van der Waals surface area contributed by atoms with Crippen LogP contribution in [0.5, 0.6) is 0 Å². The molecule has 0 aromatic carbocycles. The number of amides is 2. The van der Waals surface area contributed by atoms with Crippen molar-refractivity contribution in [3.8, 4) is 0 Å². The van der Waals surface area contributed by atoms with Crippen LogP contribution < -0.4 is 5.32 Å². The van der Waals surface area contributed by atoms with E-state index in [1.165, 1.54) is 0 Å². The Balaban J connectivity index is 2.59. The summed E-state index contributed by atoms with van der Waals surface area (Å²) in [5.41, 5.74) is -0.812. The Bertz CT molecular complexity index is 349. The second kappa shape index (κ2) is 4.78. The van der Waals surface area contributed by atoms with E-state index in [-0.39, 0.29) is 24.0 Å². The smallest absolute Gasteiger partial charge is 0.317 e. The van der Waals surface area contributed by atoms with Gasteiger partial charge in [-0.2, -0.15) is 0 Å². The fraction of sp³-hybridized carbons (Fsp3) is 0.846. The number of likely N-dealkylation sites (tertiary alicyclic amines) is 1. The number of carbonyl (C=O) groups excluding carboxylic acids is 1. The van der Waals surface area contributed by atoms with E-state index in [0.717, 1.165) is 0 Å². The van der Waals surface area contributed by atoms with Gasteiger partial charge in [-0.05, 0) is 25.7 Å². The van der Waals surface area contributed by atoms with Crippen molar-refractivity contribution in [2.24, 2.45) is 10.8 Å². The number of aliphatic carboxylic acids is 1. The molecule has 1 heterocycles. The number of rotatable bonds is 2. The fourth-order valence-electron chi connectivity index (χ4n) is 1.80. The zero-order valence-electron chi connectivity index (χ0n) is 11.9. The topological polar surface area (TPSA) is 69.6 Å². The predicted molar refractivity (Wildman–Crippen MR) is 69.4 cm³/mol. The summed E-state index contributed by atoms with van der Waals surface area (Å²) in [7, 11) is 0. The summed E-state index contributed by atoms with van der Waals surface area (Å²) in [6, 6.07) is -0.121. The molecule has 0 bridgehead atoms. The molecule has 0 radical (unpaired) electrons. The maximum Gasteiger partial charge on any atom is 0.317 e. The first-order valence-corrected chi connectivity index (χ1v) is 6.35. The first-order chi connectivity index (χ1) is 8.06. The van der Waals surface area contributed by atoms with Gasteiger partial charge >= 0.3 is 12.0 Å². The lowest BCUT2D eigenvalue weighted by Gasteiger charge is -2.30. The summed E-state index contributed by atoms with van der Waals surface area (Å²) in [6.07, 6.45) is 0.514. The highest BCUT2D eigenvalue weighted by Crippen LogP contribution is 2.30. The number of hydrogen-bond donors (Lipinski definition) is 2. The van der Waals surface area contributed by atoms with Gasteiger partial charge in [-0.3, -0.25) is 4.79 Å². The number of carbonyl (C=O) groups is 2. The van der Waals surface area contributed by atoms with Crippen LogP contribution in [0.4, 0.5) is 4.79 Å². The highest BCUT2D eigenvalue weighted by molar-refractivity contribution is 5.79. The van der Waals surface area contributed by atoms with Crippen molar-refractivity contribution in [1.82, 2.24) is 10.2 Å². The van der Waals surface area contributed by atoms with E-state index in [4.69, 9.17) is 5.11 Å². The van der Waals surface area contributed by atoms with Gasteiger partial charge in [0.2, 0.25) is 0 Å². The third kappa shape index (κ3) is 3.15. The van der Waals surface area contributed by atoms with Gasteiger partial charge in [0.1, 0.15) is 0 Å². The minimum absolute atomic E-state index is 0.00845. The highest BCUT2D eigenvalue weighted by atomic mass is 16.4. The van der Waals surface area contributed by atoms with Gasteiger partial charge in [-0.1, -0.05) is 20.8 Å². The number of hydrogen-bond acceptors (Lipinski definition) is 2. The van der Waals surface area contributed by atoms with Gasteiger partial charge in [-0.15, -0.1) is 0 Å². The molecule has 5 nitrogen and oxygen atoms in total. The first-order valence-electron chi connectivity index (χ1n) is 6.35. The van der Waals surface area contributed by atoms with Crippen LogP contribution in [0, 0.1) is 10.8 Å². The lowest BCUT2D eigenvalue weighted by atomic mass is 9.88. The Morgan fingerprint density at radius 2 is 1.94 bits per heavy atom. The van der Waals surface area contributed by atoms with Crippen LogP contribution in [0.3, 0.4) is 0 Å². The molecular formula is C13H24N2O3. The third-order valence-electron chi connectivity index (χ3n) is 3.92. The highest BCUT2D eigenvalue weighted by Gasteiger charge is 2.42. The van der Waals surface area contributed by atoms with Crippen molar-refractivity contribution in [3.05, 3.63) is 0 Å². The summed E-state index contributed by atoms with van der Waals surface area (Å²) in [6.45, 7) is 10.6. The molecule has 104 valence electrons. The minimum Gasteiger partial charge on any atom is -0.481 e. The average molecular weight is 256 g/mol. The summed E-state index contributed by atoms with van der Waals surface area (Å²) in [5.74, 6) is -0.832. The molecule has 18 heavy (non-hydrogen) atoms. The van der Waals surface area contributed by atoms with Gasteiger partial charge in [0.15, 0.2) is 0 Å². The molecule has 1 saturated heterocycles. The second-order valence-electron chi connectivity index (χ2n) is 6.57. The Labute approximate surface area is 109 Å². The van der Waals surface area contributed by atoms with E-state index in [2.05, 4.69) is 26.1 Å². The van der Waals surface area contributed by atoms with Crippen LogP contribution in [-0.4, -0.2) is 41.1 Å². The van der Waals surface area contributed by atoms with Gasteiger partial charge < -0.3 is 15.3 Å². The van der Waals surface area contributed by atoms with E-state index in [1.807, 2.05) is 6.92 Å². The van der Waals surface area contributed by atoms with Crippen LogP contribution in [0.2, 0.25) is 0 Å². The van der Waals surface area contributed by atoms with Gasteiger partial charge in [-0.25, -0.2) is 4.79 Å². The molecule has 2 unspecified atom stereocenters. The van der Waals surface area contributed by atoms with Crippen LogP contribution in [-0.2, 0) is 4.79 Å². The monoisotopic (exact) mass is 256 g/mol. The third-order valence-corrected chi connectivity index (χ3v) is 3.92. The largest absolute Gasteiger partial charge is 0.481 e. The number of nitrogens with zero attached hydrogens (tertiary/aromatic N) is 1. The molecule has 1 fully saturated rings. The summed E-state index contributed by atoms with van der Waals surface area (Å²) in [4.78, 5) is 24.7. The van der Waals surface area contributed by atoms with Crippen LogP contribution in [0.25, 0.3) is 0 Å². The molecule has 0 spiro atoms. The summed E-state index contributed by atoms with van der Waals surface area (Å²) in [5, 5.41) is 12.1. The lowest BCUT2D eigenvalue weighted by molar-refractivity contribution is -0.147. The van der Waals surface area contributed by atoms with E-state index < -0.39 is 11.4 Å². The molecule has 0 aromatic rings. The molecule has 1 aliphatic heterocycles. The van der Waals surface area contributed by atoms with Crippen molar-refractivity contribution in [3.63, 3.8) is 0 Å². The number of urea groups is 1. The first kappa shape index (κ1) is 14.8. The van der Waals surface area contributed by atoms with Crippen molar-refractivity contribution in [2.45, 2.75) is 47.1 Å². The van der Waals surface area contributed by atoms with Gasteiger partial charge in [0.05, 0.1) is 5.41 Å². The average Bonchev–Trinajstić information content (AvgIpc) is 2.61.